The molecule has 0 bridgehead atoms. The molecule has 0 amide bonds. The molecule has 0 aromatic heterocycles. The summed E-state index contributed by atoms with van der Waals surface area (Å²) in [5.41, 5.74) is 8.55. The van der Waals surface area contributed by atoms with Crippen molar-refractivity contribution < 1.29 is 14.2 Å². The van der Waals surface area contributed by atoms with E-state index in [2.05, 4.69) is 0 Å². The molecule has 25 heavy (non-hydrogen) atoms. The zero-order chi connectivity index (χ0) is 16.9. The highest BCUT2D eigenvalue weighted by Gasteiger charge is 2.27. The fraction of sp³-hybridized carbons (Fsp3) is 0.400. The molecule has 1 atom stereocenters. The lowest BCUT2D eigenvalue weighted by molar-refractivity contribution is 0.294. The van der Waals surface area contributed by atoms with E-state index in [9.17, 15) is 0 Å². The van der Waals surface area contributed by atoms with Gasteiger partial charge < -0.3 is 19.9 Å². The molecule has 0 spiro atoms. The van der Waals surface area contributed by atoms with Crippen LogP contribution < -0.4 is 19.9 Å². The average Bonchev–Trinajstić information content (AvgIpc) is 3.43. The van der Waals surface area contributed by atoms with E-state index < -0.39 is 0 Å². The first-order valence-corrected chi connectivity index (χ1v) is 8.39. The van der Waals surface area contributed by atoms with Gasteiger partial charge in [-0.2, -0.15) is 0 Å². The monoisotopic (exact) mass is 363 g/mol. The molecule has 1 fully saturated rings. The lowest BCUT2D eigenvalue weighted by atomic mass is 10.00. The summed E-state index contributed by atoms with van der Waals surface area (Å²) >= 11 is 0. The predicted octanol–water partition coefficient (Wildman–Crippen LogP) is 4.50. The zero-order valence-electron chi connectivity index (χ0n) is 14.7. The van der Waals surface area contributed by atoms with Crippen molar-refractivity contribution >= 4 is 12.4 Å². The van der Waals surface area contributed by atoms with Crippen molar-refractivity contribution in [2.75, 3.05) is 14.2 Å². The molecule has 1 aliphatic rings. The number of hydrogen-bond acceptors (Lipinski definition) is 4. The van der Waals surface area contributed by atoms with E-state index in [1.807, 2.05) is 42.5 Å². The fourth-order valence-corrected chi connectivity index (χ4v) is 2.87. The van der Waals surface area contributed by atoms with Gasteiger partial charge in [-0.3, -0.25) is 0 Å². The van der Waals surface area contributed by atoms with Gasteiger partial charge in [0.05, 0.1) is 14.2 Å². The summed E-state index contributed by atoms with van der Waals surface area (Å²) < 4.78 is 16.9. The van der Waals surface area contributed by atoms with Crippen LogP contribution in [0.15, 0.2) is 42.5 Å². The first-order valence-electron chi connectivity index (χ1n) is 8.39. The summed E-state index contributed by atoms with van der Waals surface area (Å²) in [6.45, 7) is 0.499. The lowest BCUT2D eigenvalue weighted by Gasteiger charge is -2.20. The Kier molecular flexibility index (Phi) is 6.97. The van der Waals surface area contributed by atoms with E-state index >= 15 is 0 Å². The van der Waals surface area contributed by atoms with Gasteiger partial charge in [0.25, 0.3) is 0 Å². The predicted molar refractivity (Wildman–Crippen MR) is 102 cm³/mol. The van der Waals surface area contributed by atoms with Crippen molar-refractivity contribution in [3.05, 3.63) is 53.6 Å². The van der Waals surface area contributed by atoms with Crippen LogP contribution in [-0.4, -0.2) is 14.2 Å². The van der Waals surface area contributed by atoms with Crippen molar-refractivity contribution in [1.29, 1.82) is 0 Å². The number of benzene rings is 2. The normalized spacial score (nSPS) is 14.4. The minimum Gasteiger partial charge on any atom is -0.493 e. The Morgan fingerprint density at radius 1 is 1.00 bits per heavy atom. The maximum atomic E-state index is 6.44. The van der Waals surface area contributed by atoms with Crippen LogP contribution in [-0.2, 0) is 6.61 Å². The van der Waals surface area contributed by atoms with Crippen LogP contribution in [0.2, 0.25) is 0 Å². The first-order chi connectivity index (χ1) is 11.7. The molecule has 2 aromatic carbocycles. The van der Waals surface area contributed by atoms with Gasteiger partial charge in [-0.05, 0) is 24.0 Å². The van der Waals surface area contributed by atoms with Gasteiger partial charge in [0, 0.05) is 17.7 Å². The van der Waals surface area contributed by atoms with E-state index in [0.29, 0.717) is 18.1 Å². The molecule has 0 unspecified atom stereocenters. The molecule has 2 aromatic rings. The molecule has 0 heterocycles. The van der Waals surface area contributed by atoms with Gasteiger partial charge in [0.15, 0.2) is 11.5 Å². The molecule has 1 saturated carbocycles. The van der Waals surface area contributed by atoms with E-state index in [4.69, 9.17) is 19.9 Å². The molecule has 0 saturated heterocycles. The summed E-state index contributed by atoms with van der Waals surface area (Å²) in [6, 6.07) is 13.9. The standard InChI is InChI=1S/C20H25NO3.ClH/c1-22-19-11-16(17(21)10-14-8-9-14)18(12-20(19)23-2)24-13-15-6-4-3-5-7-15;/h3-7,11-12,14,17H,8-10,13,21H2,1-2H3;1H/t17-;/m1./s1. The Morgan fingerprint density at radius 3 is 2.24 bits per heavy atom. The molecule has 2 N–H and O–H groups in total. The van der Waals surface area contributed by atoms with Crippen LogP contribution in [0.4, 0.5) is 0 Å². The van der Waals surface area contributed by atoms with Gasteiger partial charge in [0.2, 0.25) is 0 Å². The number of rotatable bonds is 8. The lowest BCUT2D eigenvalue weighted by Crippen LogP contribution is -2.13. The van der Waals surface area contributed by atoms with Crippen LogP contribution >= 0.6 is 12.4 Å². The summed E-state index contributed by atoms with van der Waals surface area (Å²) in [5.74, 6) is 2.86. The van der Waals surface area contributed by atoms with Gasteiger partial charge in [-0.1, -0.05) is 43.2 Å². The maximum absolute atomic E-state index is 6.44. The van der Waals surface area contributed by atoms with E-state index in [1.165, 1.54) is 12.8 Å². The molecule has 0 aliphatic heterocycles. The molecule has 5 heteroatoms. The van der Waals surface area contributed by atoms with Crippen molar-refractivity contribution in [3.8, 4) is 17.2 Å². The van der Waals surface area contributed by atoms with Crippen LogP contribution in [0.25, 0.3) is 0 Å². The molecule has 136 valence electrons. The Morgan fingerprint density at radius 2 is 1.64 bits per heavy atom. The number of nitrogens with two attached hydrogens (primary N) is 1. The number of hydrogen-bond donors (Lipinski definition) is 1. The Balaban J connectivity index is 0.00000225. The van der Waals surface area contributed by atoms with E-state index in [1.54, 1.807) is 14.2 Å². The van der Waals surface area contributed by atoms with Gasteiger partial charge in [0.1, 0.15) is 12.4 Å². The van der Waals surface area contributed by atoms with Crippen LogP contribution in [0.5, 0.6) is 17.2 Å². The van der Waals surface area contributed by atoms with E-state index in [0.717, 1.165) is 29.2 Å². The summed E-state index contributed by atoms with van der Waals surface area (Å²) in [4.78, 5) is 0. The summed E-state index contributed by atoms with van der Waals surface area (Å²) in [6.07, 6.45) is 3.54. The third-order valence-corrected chi connectivity index (χ3v) is 4.44. The Hall–Kier alpha value is -1.91. The maximum Gasteiger partial charge on any atom is 0.164 e. The van der Waals surface area contributed by atoms with Crippen molar-refractivity contribution in [2.45, 2.75) is 31.9 Å². The second-order valence-corrected chi connectivity index (χ2v) is 6.30. The highest BCUT2D eigenvalue weighted by atomic mass is 35.5. The second-order valence-electron chi connectivity index (χ2n) is 6.30. The van der Waals surface area contributed by atoms with Crippen LogP contribution in [0.3, 0.4) is 0 Å². The molecule has 0 radical (unpaired) electrons. The minimum atomic E-state index is -0.0527. The third-order valence-electron chi connectivity index (χ3n) is 4.44. The molecule has 4 nitrogen and oxygen atoms in total. The fourth-order valence-electron chi connectivity index (χ4n) is 2.87. The zero-order valence-corrected chi connectivity index (χ0v) is 15.6. The van der Waals surface area contributed by atoms with Gasteiger partial charge in [-0.15, -0.1) is 12.4 Å². The van der Waals surface area contributed by atoms with Crippen molar-refractivity contribution in [2.24, 2.45) is 11.7 Å². The molecule has 3 rings (SSSR count). The van der Waals surface area contributed by atoms with Gasteiger partial charge >= 0.3 is 0 Å². The topological polar surface area (TPSA) is 53.7 Å². The highest BCUT2D eigenvalue weighted by molar-refractivity contribution is 5.85. The molecular formula is C20H26ClNO3. The Bertz CT molecular complexity index is 674. The SMILES string of the molecule is COc1cc(OCc2ccccc2)c([C@H](N)CC2CC2)cc1OC.Cl. The van der Waals surface area contributed by atoms with Crippen LogP contribution in [0.1, 0.15) is 36.4 Å². The molecular weight excluding hydrogens is 338 g/mol. The molecule has 1 aliphatic carbocycles. The van der Waals surface area contributed by atoms with Crippen LogP contribution in [0, 0.1) is 5.92 Å². The number of halogens is 1. The average molecular weight is 364 g/mol. The van der Waals surface area contributed by atoms with E-state index in [-0.39, 0.29) is 18.4 Å². The third kappa shape index (κ3) is 5.03. The summed E-state index contributed by atoms with van der Waals surface area (Å²) in [5, 5.41) is 0. The quantitative estimate of drug-likeness (QED) is 0.750. The van der Waals surface area contributed by atoms with Gasteiger partial charge in [-0.25, -0.2) is 0 Å². The Labute approximate surface area is 155 Å². The number of ether oxygens (including phenoxy) is 3. The minimum absolute atomic E-state index is 0. The largest absolute Gasteiger partial charge is 0.493 e. The van der Waals surface area contributed by atoms with Crippen molar-refractivity contribution in [3.63, 3.8) is 0 Å². The smallest absolute Gasteiger partial charge is 0.164 e. The van der Waals surface area contributed by atoms with Crippen molar-refractivity contribution in [1.82, 2.24) is 0 Å². The second kappa shape index (κ2) is 8.97. The summed E-state index contributed by atoms with van der Waals surface area (Å²) in [7, 11) is 3.27. The number of methoxy groups -OCH3 is 2. The first kappa shape index (κ1) is 19.4. The highest BCUT2D eigenvalue weighted by Crippen LogP contribution is 2.42.